The summed E-state index contributed by atoms with van der Waals surface area (Å²) >= 11 is 0. The van der Waals surface area contributed by atoms with Crippen molar-refractivity contribution in [3.63, 3.8) is 0 Å². The molecule has 0 saturated carbocycles. The van der Waals surface area contributed by atoms with Crippen molar-refractivity contribution < 1.29 is 8.42 Å². The van der Waals surface area contributed by atoms with E-state index in [1.54, 1.807) is 6.92 Å². The fourth-order valence-electron chi connectivity index (χ4n) is 2.42. The molecule has 0 saturated heterocycles. The van der Waals surface area contributed by atoms with Crippen LogP contribution in [0, 0.1) is 0 Å². The van der Waals surface area contributed by atoms with Crippen LogP contribution >= 0.6 is 0 Å². The molecule has 0 aliphatic rings. The summed E-state index contributed by atoms with van der Waals surface area (Å²) in [7, 11) is -1.23. The summed E-state index contributed by atoms with van der Waals surface area (Å²) in [6, 6.07) is 14.4. The quantitative estimate of drug-likeness (QED) is 0.920. The third kappa shape index (κ3) is 3.38. The van der Waals surface area contributed by atoms with Crippen molar-refractivity contribution in [2.45, 2.75) is 24.6 Å². The number of rotatable bonds is 5. The number of nitrogens with one attached hydrogen (secondary N) is 1. The van der Waals surface area contributed by atoms with Crippen molar-refractivity contribution in [2.75, 3.05) is 13.3 Å². The second-order valence-corrected chi connectivity index (χ2v) is 7.72. The first-order valence-electron chi connectivity index (χ1n) is 6.75. The van der Waals surface area contributed by atoms with Gasteiger partial charge in [-0.2, -0.15) is 0 Å². The lowest BCUT2D eigenvalue weighted by Crippen LogP contribution is -2.41. The molecule has 0 spiro atoms. The van der Waals surface area contributed by atoms with Gasteiger partial charge >= 0.3 is 0 Å². The molecular weight excluding hydrogens is 270 g/mol. The molecule has 0 aliphatic heterocycles. The van der Waals surface area contributed by atoms with Crippen LogP contribution in [0.4, 0.5) is 0 Å². The van der Waals surface area contributed by atoms with Gasteiger partial charge in [0.1, 0.15) is 0 Å². The number of benzene rings is 2. The van der Waals surface area contributed by atoms with Crippen molar-refractivity contribution in [3.05, 3.63) is 48.0 Å². The van der Waals surface area contributed by atoms with Crippen LogP contribution in [0.15, 0.2) is 42.5 Å². The lowest BCUT2D eigenvalue weighted by molar-refractivity contribution is 0.516. The van der Waals surface area contributed by atoms with E-state index >= 15 is 0 Å². The molecule has 2 unspecified atom stereocenters. The number of hydrogen-bond acceptors (Lipinski definition) is 3. The molecule has 20 heavy (non-hydrogen) atoms. The molecular formula is C16H21NO2S. The van der Waals surface area contributed by atoms with Gasteiger partial charge in [-0.15, -0.1) is 0 Å². The van der Waals surface area contributed by atoms with E-state index in [9.17, 15) is 8.42 Å². The maximum Gasteiger partial charge on any atom is 0.151 e. The Labute approximate surface area is 120 Å². The minimum atomic E-state index is -3.04. The van der Waals surface area contributed by atoms with Crippen molar-refractivity contribution >= 4 is 20.6 Å². The van der Waals surface area contributed by atoms with Crippen LogP contribution < -0.4 is 5.32 Å². The second-order valence-electron chi connectivity index (χ2n) is 5.32. The third-order valence-corrected chi connectivity index (χ3v) is 5.56. The third-order valence-electron chi connectivity index (χ3n) is 3.88. The van der Waals surface area contributed by atoms with Crippen LogP contribution in [0.1, 0.15) is 12.5 Å². The van der Waals surface area contributed by atoms with Crippen molar-refractivity contribution in [1.82, 2.24) is 5.32 Å². The van der Waals surface area contributed by atoms with E-state index < -0.39 is 15.1 Å². The van der Waals surface area contributed by atoms with Crippen molar-refractivity contribution in [2.24, 2.45) is 0 Å². The molecule has 0 heterocycles. The topological polar surface area (TPSA) is 46.2 Å². The molecule has 0 amide bonds. The predicted molar refractivity (Wildman–Crippen MR) is 84.8 cm³/mol. The Hall–Kier alpha value is -1.39. The number of likely N-dealkylation sites (N-methyl/N-ethyl adjacent to an activating group) is 1. The summed E-state index contributed by atoms with van der Waals surface area (Å²) in [6.07, 6.45) is 2.00. The predicted octanol–water partition coefficient (Wildman–Crippen LogP) is 2.40. The minimum Gasteiger partial charge on any atom is -0.315 e. The molecule has 1 N–H and O–H groups in total. The van der Waals surface area contributed by atoms with Gasteiger partial charge in [0.25, 0.3) is 0 Å². The van der Waals surface area contributed by atoms with E-state index in [1.807, 2.05) is 19.2 Å². The highest BCUT2D eigenvalue weighted by Gasteiger charge is 2.24. The summed E-state index contributed by atoms with van der Waals surface area (Å²) in [4.78, 5) is 0. The fourth-order valence-corrected chi connectivity index (χ4v) is 3.25. The molecule has 3 nitrogen and oxygen atoms in total. The zero-order valence-corrected chi connectivity index (χ0v) is 12.9. The SMILES string of the molecule is CNC(Cc1ccc2ccccc2c1)C(C)S(C)(=O)=O. The molecule has 4 heteroatoms. The van der Waals surface area contributed by atoms with Gasteiger partial charge in [0.15, 0.2) is 9.84 Å². The van der Waals surface area contributed by atoms with E-state index in [2.05, 4.69) is 35.6 Å². The highest BCUT2D eigenvalue weighted by molar-refractivity contribution is 7.91. The lowest BCUT2D eigenvalue weighted by atomic mass is 10.0. The second kappa shape index (κ2) is 5.94. The van der Waals surface area contributed by atoms with Crippen LogP contribution in [0.3, 0.4) is 0 Å². The summed E-state index contributed by atoms with van der Waals surface area (Å²) in [5, 5.41) is 5.11. The molecule has 2 atom stereocenters. The zero-order chi connectivity index (χ0) is 14.8. The van der Waals surface area contributed by atoms with Gasteiger partial charge < -0.3 is 5.32 Å². The minimum absolute atomic E-state index is 0.0776. The highest BCUT2D eigenvalue weighted by atomic mass is 32.2. The monoisotopic (exact) mass is 291 g/mol. The summed E-state index contributed by atoms with van der Waals surface area (Å²) in [5.74, 6) is 0. The van der Waals surface area contributed by atoms with E-state index in [0.717, 1.165) is 5.56 Å². The van der Waals surface area contributed by atoms with Gasteiger partial charge in [-0.05, 0) is 36.7 Å². The van der Waals surface area contributed by atoms with E-state index in [1.165, 1.54) is 17.0 Å². The fraction of sp³-hybridized carbons (Fsp3) is 0.375. The standard InChI is InChI=1S/C16H21NO2S/c1-12(20(3,18)19)16(17-2)11-13-8-9-14-6-4-5-7-15(14)10-13/h4-10,12,16-17H,11H2,1-3H3. The summed E-state index contributed by atoms with van der Waals surface area (Å²) < 4.78 is 23.4. The molecule has 2 aromatic rings. The molecule has 0 bridgehead atoms. The van der Waals surface area contributed by atoms with Gasteiger partial charge in [-0.3, -0.25) is 0 Å². The maximum atomic E-state index is 11.7. The average Bonchev–Trinajstić information content (AvgIpc) is 2.43. The molecule has 0 fully saturated rings. The van der Waals surface area contributed by atoms with E-state index in [-0.39, 0.29) is 6.04 Å². The Kier molecular flexibility index (Phi) is 4.45. The van der Waals surface area contributed by atoms with Crippen LogP contribution in [0.5, 0.6) is 0 Å². The molecule has 2 rings (SSSR count). The van der Waals surface area contributed by atoms with Crippen LogP contribution in [-0.2, 0) is 16.3 Å². The lowest BCUT2D eigenvalue weighted by Gasteiger charge is -2.22. The van der Waals surface area contributed by atoms with Gasteiger partial charge in [0.05, 0.1) is 5.25 Å². The first-order valence-corrected chi connectivity index (χ1v) is 8.71. The largest absolute Gasteiger partial charge is 0.315 e. The Balaban J connectivity index is 2.25. The first-order chi connectivity index (χ1) is 9.41. The van der Waals surface area contributed by atoms with Crippen LogP contribution in [0.2, 0.25) is 0 Å². The Morgan fingerprint density at radius 2 is 1.75 bits per heavy atom. The maximum absolute atomic E-state index is 11.7. The average molecular weight is 291 g/mol. The molecule has 108 valence electrons. The highest BCUT2D eigenvalue weighted by Crippen LogP contribution is 2.18. The number of sulfone groups is 1. The number of fused-ring (bicyclic) bond motifs is 1. The number of hydrogen-bond donors (Lipinski definition) is 1. The molecule has 0 aliphatic carbocycles. The van der Waals surface area contributed by atoms with E-state index in [4.69, 9.17) is 0 Å². The van der Waals surface area contributed by atoms with Crippen LogP contribution in [0.25, 0.3) is 10.8 Å². The Bertz CT molecular complexity index is 694. The first kappa shape index (κ1) is 15.0. The Morgan fingerprint density at radius 1 is 1.10 bits per heavy atom. The van der Waals surface area contributed by atoms with Crippen molar-refractivity contribution in [1.29, 1.82) is 0 Å². The molecule has 2 aromatic carbocycles. The smallest absolute Gasteiger partial charge is 0.151 e. The van der Waals surface area contributed by atoms with Gasteiger partial charge in [0.2, 0.25) is 0 Å². The van der Waals surface area contributed by atoms with Gasteiger partial charge in [0, 0.05) is 12.3 Å². The normalized spacial score (nSPS) is 15.2. The molecule has 0 radical (unpaired) electrons. The van der Waals surface area contributed by atoms with E-state index in [0.29, 0.717) is 6.42 Å². The van der Waals surface area contributed by atoms with Crippen LogP contribution in [-0.4, -0.2) is 33.0 Å². The van der Waals surface area contributed by atoms with Gasteiger partial charge in [-0.1, -0.05) is 42.5 Å². The summed E-state index contributed by atoms with van der Waals surface area (Å²) in [5.41, 5.74) is 1.15. The molecule has 0 aromatic heterocycles. The Morgan fingerprint density at radius 3 is 2.35 bits per heavy atom. The zero-order valence-electron chi connectivity index (χ0n) is 12.1. The summed E-state index contributed by atoms with van der Waals surface area (Å²) in [6.45, 7) is 1.76. The van der Waals surface area contributed by atoms with Gasteiger partial charge in [-0.25, -0.2) is 8.42 Å². The van der Waals surface area contributed by atoms with Crippen molar-refractivity contribution in [3.8, 4) is 0 Å².